The highest BCUT2D eigenvalue weighted by atomic mass is 35.5. The van der Waals surface area contributed by atoms with E-state index in [0.717, 1.165) is 16.7 Å². The number of rotatable bonds is 7. The summed E-state index contributed by atoms with van der Waals surface area (Å²) in [5.74, 6) is -1.08. The lowest BCUT2D eigenvalue weighted by molar-refractivity contribution is -0.142. The highest BCUT2D eigenvalue weighted by Crippen LogP contribution is 2.22. The molecule has 0 aliphatic rings. The van der Waals surface area contributed by atoms with Gasteiger partial charge in [-0.2, -0.15) is 5.10 Å². The first kappa shape index (κ1) is 20.4. The number of ether oxygens (including phenoxy) is 1. The summed E-state index contributed by atoms with van der Waals surface area (Å²) in [4.78, 5) is 23.8. The van der Waals surface area contributed by atoms with E-state index in [4.69, 9.17) is 16.3 Å². The SMILES string of the molecule is Cc1ccc(NC(=O)COC(=O)/C=C/c2cnn(Cc3ccccc3)c2)c(Cl)c1. The molecule has 0 atom stereocenters. The maximum atomic E-state index is 11.9. The first-order valence-electron chi connectivity index (χ1n) is 8.97. The maximum Gasteiger partial charge on any atom is 0.331 e. The van der Waals surface area contributed by atoms with Gasteiger partial charge in [0.1, 0.15) is 0 Å². The largest absolute Gasteiger partial charge is 0.452 e. The van der Waals surface area contributed by atoms with Crippen LogP contribution in [0.25, 0.3) is 6.08 Å². The fourth-order valence-corrected chi connectivity index (χ4v) is 2.86. The van der Waals surface area contributed by atoms with Crippen LogP contribution in [0.4, 0.5) is 5.69 Å². The third-order valence-electron chi connectivity index (χ3n) is 4.00. The number of nitrogens with one attached hydrogen (secondary N) is 1. The second kappa shape index (κ2) is 9.71. The molecular formula is C22H20ClN3O3. The van der Waals surface area contributed by atoms with Crippen molar-refractivity contribution in [2.45, 2.75) is 13.5 Å². The van der Waals surface area contributed by atoms with Crippen LogP contribution in [0.15, 0.2) is 67.0 Å². The Balaban J connectivity index is 1.46. The molecule has 1 amide bonds. The highest BCUT2D eigenvalue weighted by molar-refractivity contribution is 6.33. The zero-order valence-corrected chi connectivity index (χ0v) is 16.6. The number of hydrogen-bond acceptors (Lipinski definition) is 4. The minimum absolute atomic E-state index is 0.402. The molecular weight excluding hydrogens is 390 g/mol. The lowest BCUT2D eigenvalue weighted by Gasteiger charge is -2.07. The average molecular weight is 410 g/mol. The number of carbonyl (C=O) groups is 2. The lowest BCUT2D eigenvalue weighted by Crippen LogP contribution is -2.20. The van der Waals surface area contributed by atoms with Gasteiger partial charge in [0, 0.05) is 17.8 Å². The Morgan fingerprint density at radius 3 is 2.76 bits per heavy atom. The van der Waals surface area contributed by atoms with Crippen molar-refractivity contribution < 1.29 is 14.3 Å². The topological polar surface area (TPSA) is 73.2 Å². The van der Waals surface area contributed by atoms with E-state index in [1.165, 1.54) is 6.08 Å². The highest BCUT2D eigenvalue weighted by Gasteiger charge is 2.08. The molecule has 3 aromatic rings. The molecule has 0 bridgehead atoms. The summed E-state index contributed by atoms with van der Waals surface area (Å²) in [6, 6.07) is 15.2. The molecule has 0 aliphatic carbocycles. The zero-order valence-electron chi connectivity index (χ0n) is 15.8. The van der Waals surface area contributed by atoms with Crippen LogP contribution in [-0.2, 0) is 20.9 Å². The number of aromatic nitrogens is 2. The van der Waals surface area contributed by atoms with Crippen molar-refractivity contribution in [2.24, 2.45) is 0 Å². The molecule has 1 N–H and O–H groups in total. The second-order valence-corrected chi connectivity index (χ2v) is 6.84. The fourth-order valence-electron chi connectivity index (χ4n) is 2.58. The van der Waals surface area contributed by atoms with Gasteiger partial charge in [-0.25, -0.2) is 4.79 Å². The van der Waals surface area contributed by atoms with E-state index in [0.29, 0.717) is 17.3 Å². The predicted molar refractivity (Wildman–Crippen MR) is 113 cm³/mol. The zero-order chi connectivity index (χ0) is 20.6. The molecule has 0 saturated carbocycles. The van der Waals surface area contributed by atoms with Crippen LogP contribution in [0, 0.1) is 6.92 Å². The Morgan fingerprint density at radius 1 is 1.21 bits per heavy atom. The van der Waals surface area contributed by atoms with Crippen molar-refractivity contribution in [3.63, 3.8) is 0 Å². The molecule has 0 aliphatic heterocycles. The van der Waals surface area contributed by atoms with Crippen molar-refractivity contribution >= 4 is 35.2 Å². The van der Waals surface area contributed by atoms with Crippen molar-refractivity contribution in [3.05, 3.63) is 88.7 Å². The summed E-state index contributed by atoms with van der Waals surface area (Å²) >= 11 is 6.07. The number of hydrogen-bond donors (Lipinski definition) is 1. The van der Waals surface area contributed by atoms with E-state index in [-0.39, 0.29) is 0 Å². The number of benzene rings is 2. The van der Waals surface area contributed by atoms with Crippen LogP contribution < -0.4 is 5.32 Å². The molecule has 0 radical (unpaired) electrons. The Bertz CT molecular complexity index is 1030. The number of halogens is 1. The first-order chi connectivity index (χ1) is 14.0. The standard InChI is InChI=1S/C22H20ClN3O3/c1-16-7-9-20(19(23)11-16)25-21(27)15-29-22(28)10-8-18-12-24-26(14-18)13-17-5-3-2-4-6-17/h2-12,14H,13,15H2,1H3,(H,25,27)/b10-8+. The van der Waals surface area contributed by atoms with E-state index < -0.39 is 18.5 Å². The average Bonchev–Trinajstić information content (AvgIpc) is 3.15. The van der Waals surface area contributed by atoms with Crippen molar-refractivity contribution in [1.82, 2.24) is 9.78 Å². The van der Waals surface area contributed by atoms with Gasteiger partial charge < -0.3 is 10.1 Å². The molecule has 1 heterocycles. The molecule has 29 heavy (non-hydrogen) atoms. The number of amides is 1. The Hall–Kier alpha value is -3.38. The van der Waals surface area contributed by atoms with E-state index in [1.54, 1.807) is 29.1 Å². The van der Waals surface area contributed by atoms with Gasteiger partial charge in [-0.05, 0) is 36.3 Å². The Kier molecular flexibility index (Phi) is 6.81. The predicted octanol–water partition coefficient (Wildman–Crippen LogP) is 4.09. The molecule has 0 fully saturated rings. The molecule has 148 valence electrons. The van der Waals surface area contributed by atoms with Crippen LogP contribution in [0.3, 0.4) is 0 Å². The van der Waals surface area contributed by atoms with Crippen LogP contribution in [-0.4, -0.2) is 28.3 Å². The second-order valence-electron chi connectivity index (χ2n) is 6.43. The van der Waals surface area contributed by atoms with Crippen LogP contribution in [0.1, 0.15) is 16.7 Å². The van der Waals surface area contributed by atoms with Crippen LogP contribution in [0.5, 0.6) is 0 Å². The summed E-state index contributed by atoms with van der Waals surface area (Å²) in [6.45, 7) is 2.14. The van der Waals surface area contributed by atoms with Gasteiger partial charge in [0.05, 0.1) is 23.5 Å². The summed E-state index contributed by atoms with van der Waals surface area (Å²) < 4.78 is 6.73. The van der Waals surface area contributed by atoms with E-state index >= 15 is 0 Å². The monoisotopic (exact) mass is 409 g/mol. The lowest BCUT2D eigenvalue weighted by atomic mass is 10.2. The van der Waals surface area contributed by atoms with Crippen molar-refractivity contribution in [1.29, 1.82) is 0 Å². The number of aryl methyl sites for hydroxylation is 1. The maximum absolute atomic E-state index is 11.9. The molecule has 6 nitrogen and oxygen atoms in total. The van der Waals surface area contributed by atoms with Gasteiger partial charge in [-0.3, -0.25) is 9.48 Å². The molecule has 2 aromatic carbocycles. The fraction of sp³-hybridized carbons (Fsp3) is 0.136. The number of anilines is 1. The number of esters is 1. The smallest absolute Gasteiger partial charge is 0.331 e. The van der Waals surface area contributed by atoms with Crippen molar-refractivity contribution in [3.8, 4) is 0 Å². The third-order valence-corrected chi connectivity index (χ3v) is 4.31. The Labute approximate surface area is 173 Å². The van der Waals surface area contributed by atoms with Gasteiger partial charge in [-0.15, -0.1) is 0 Å². The number of nitrogens with zero attached hydrogens (tertiary/aromatic N) is 2. The minimum atomic E-state index is -0.619. The minimum Gasteiger partial charge on any atom is -0.452 e. The van der Waals surface area contributed by atoms with Gasteiger partial charge in [0.2, 0.25) is 0 Å². The normalized spacial score (nSPS) is 10.8. The van der Waals surface area contributed by atoms with Gasteiger partial charge in [0.15, 0.2) is 6.61 Å². The molecule has 3 rings (SSSR count). The molecule has 0 unspecified atom stereocenters. The van der Waals surface area contributed by atoms with E-state index in [2.05, 4.69) is 10.4 Å². The van der Waals surface area contributed by atoms with Crippen LogP contribution in [0.2, 0.25) is 5.02 Å². The molecule has 1 aromatic heterocycles. The van der Waals surface area contributed by atoms with Crippen LogP contribution >= 0.6 is 11.6 Å². The Morgan fingerprint density at radius 2 is 2.00 bits per heavy atom. The summed E-state index contributed by atoms with van der Waals surface area (Å²) in [5.41, 5.74) is 3.34. The molecule has 0 saturated heterocycles. The summed E-state index contributed by atoms with van der Waals surface area (Å²) in [7, 11) is 0. The molecule has 0 spiro atoms. The summed E-state index contributed by atoms with van der Waals surface area (Å²) in [5, 5.41) is 7.30. The van der Waals surface area contributed by atoms with Gasteiger partial charge >= 0.3 is 5.97 Å². The molecule has 7 heteroatoms. The van der Waals surface area contributed by atoms with Gasteiger partial charge in [0.25, 0.3) is 5.91 Å². The third kappa shape index (κ3) is 6.33. The first-order valence-corrected chi connectivity index (χ1v) is 9.34. The summed E-state index contributed by atoms with van der Waals surface area (Å²) in [6.07, 6.45) is 6.32. The van der Waals surface area contributed by atoms with E-state index in [9.17, 15) is 9.59 Å². The van der Waals surface area contributed by atoms with E-state index in [1.807, 2.05) is 49.5 Å². The quantitative estimate of drug-likeness (QED) is 0.471. The van der Waals surface area contributed by atoms with Crippen molar-refractivity contribution in [2.75, 3.05) is 11.9 Å². The number of carbonyl (C=O) groups excluding carboxylic acids is 2. The van der Waals surface area contributed by atoms with Gasteiger partial charge in [-0.1, -0.05) is 48.0 Å².